The van der Waals surface area contributed by atoms with E-state index in [9.17, 15) is 9.59 Å². The Morgan fingerprint density at radius 1 is 1.14 bits per heavy atom. The molecular weight excluding hydrogens is 372 g/mol. The maximum absolute atomic E-state index is 12.5. The van der Waals surface area contributed by atoms with Gasteiger partial charge in [-0.3, -0.25) is 4.79 Å². The quantitative estimate of drug-likeness (QED) is 0.559. The molecule has 3 heterocycles. The summed E-state index contributed by atoms with van der Waals surface area (Å²) in [5, 5.41) is 14.0. The van der Waals surface area contributed by atoms with Crippen molar-refractivity contribution in [3.8, 4) is 0 Å². The van der Waals surface area contributed by atoms with Crippen molar-refractivity contribution in [2.75, 3.05) is 31.6 Å². The molecule has 158 valence electrons. The number of carbonyl (C=O) groups excluding carboxylic acids is 1. The molecule has 9 nitrogen and oxygen atoms in total. The summed E-state index contributed by atoms with van der Waals surface area (Å²) in [4.78, 5) is 34.1. The number of H-pyrrole nitrogens is 1. The molecule has 9 heteroatoms. The Balaban J connectivity index is 1.39. The van der Waals surface area contributed by atoms with Crippen molar-refractivity contribution in [3.05, 3.63) is 21.7 Å². The van der Waals surface area contributed by atoms with E-state index in [0.717, 1.165) is 31.9 Å². The van der Waals surface area contributed by atoms with Crippen LogP contribution in [0.1, 0.15) is 62.3 Å². The van der Waals surface area contributed by atoms with E-state index in [4.69, 9.17) is 10.1 Å². The number of hydrogen-bond donors (Lipinski definition) is 4. The predicted molar refractivity (Wildman–Crippen MR) is 110 cm³/mol. The van der Waals surface area contributed by atoms with Crippen LogP contribution >= 0.6 is 0 Å². The Morgan fingerprint density at radius 3 is 2.55 bits per heavy atom. The second kappa shape index (κ2) is 8.94. The van der Waals surface area contributed by atoms with Crippen LogP contribution in [0.4, 0.5) is 10.6 Å². The highest BCUT2D eigenvalue weighted by molar-refractivity contribution is 5.83. The highest BCUT2D eigenvalue weighted by atomic mass is 16.5. The molecule has 0 atom stereocenters. The summed E-state index contributed by atoms with van der Waals surface area (Å²) >= 11 is 0. The lowest BCUT2D eigenvalue weighted by atomic mass is 9.95. The molecule has 3 aliphatic rings. The number of ether oxygens (including phenoxy) is 1. The highest BCUT2D eigenvalue weighted by Crippen LogP contribution is 2.26. The van der Waals surface area contributed by atoms with Crippen LogP contribution in [0.3, 0.4) is 0 Å². The predicted octanol–water partition coefficient (Wildman–Crippen LogP) is 1.80. The number of anilines is 1. The zero-order valence-corrected chi connectivity index (χ0v) is 16.7. The van der Waals surface area contributed by atoms with Gasteiger partial charge in [-0.15, -0.1) is 0 Å². The summed E-state index contributed by atoms with van der Waals surface area (Å²) in [5.41, 5.74) is -0.0267. The average molecular weight is 402 g/mol. The van der Waals surface area contributed by atoms with Crippen LogP contribution < -0.4 is 16.2 Å². The fraction of sp³-hybridized carbons (Fsp3) is 0.700. The zero-order chi connectivity index (χ0) is 20.2. The van der Waals surface area contributed by atoms with Gasteiger partial charge in [0.25, 0.3) is 5.56 Å². The Morgan fingerprint density at radius 2 is 1.86 bits per heavy atom. The maximum atomic E-state index is 12.5. The molecule has 4 rings (SSSR count). The van der Waals surface area contributed by atoms with Crippen LogP contribution in [0.2, 0.25) is 0 Å². The van der Waals surface area contributed by atoms with Crippen LogP contribution in [-0.2, 0) is 4.74 Å². The molecule has 0 aromatic carbocycles. The van der Waals surface area contributed by atoms with Gasteiger partial charge in [-0.25, -0.2) is 9.78 Å². The number of rotatable bonds is 5. The number of hydrogen-bond acceptors (Lipinski definition) is 6. The van der Waals surface area contributed by atoms with Gasteiger partial charge in [-0.1, -0.05) is 19.3 Å². The zero-order valence-electron chi connectivity index (χ0n) is 16.7. The van der Waals surface area contributed by atoms with Crippen molar-refractivity contribution < 1.29 is 9.53 Å². The van der Waals surface area contributed by atoms with Gasteiger partial charge in [0.05, 0.1) is 11.5 Å². The number of amides is 2. The monoisotopic (exact) mass is 402 g/mol. The van der Waals surface area contributed by atoms with E-state index in [1.54, 1.807) is 4.90 Å². The summed E-state index contributed by atoms with van der Waals surface area (Å²) in [6.07, 6.45) is 8.47. The number of urea groups is 1. The van der Waals surface area contributed by atoms with Gasteiger partial charge in [-0.05, 0) is 25.7 Å². The molecule has 0 radical (unpaired) electrons. The van der Waals surface area contributed by atoms with Crippen molar-refractivity contribution in [1.82, 2.24) is 20.2 Å². The van der Waals surface area contributed by atoms with Crippen LogP contribution in [0.25, 0.3) is 0 Å². The number of aromatic amines is 1. The fourth-order valence-corrected chi connectivity index (χ4v) is 4.30. The first-order valence-electron chi connectivity index (χ1n) is 10.7. The molecule has 3 fully saturated rings. The topological polar surface area (TPSA) is 123 Å². The van der Waals surface area contributed by atoms with Gasteiger partial charge in [-0.2, -0.15) is 0 Å². The number of carbonyl (C=O) groups is 1. The van der Waals surface area contributed by atoms with E-state index in [2.05, 4.69) is 20.6 Å². The second-order valence-corrected chi connectivity index (χ2v) is 8.28. The van der Waals surface area contributed by atoms with Crippen molar-refractivity contribution in [1.29, 1.82) is 5.41 Å². The van der Waals surface area contributed by atoms with Crippen LogP contribution in [0, 0.1) is 5.41 Å². The molecule has 1 aromatic heterocycles. The minimum Gasteiger partial charge on any atom is -0.381 e. The van der Waals surface area contributed by atoms with Gasteiger partial charge >= 0.3 is 6.03 Å². The molecule has 2 aliphatic heterocycles. The summed E-state index contributed by atoms with van der Waals surface area (Å²) in [6.45, 7) is 2.44. The average Bonchev–Trinajstić information content (AvgIpc) is 2.68. The minimum atomic E-state index is -0.298. The van der Waals surface area contributed by atoms with Gasteiger partial charge in [0.2, 0.25) is 0 Å². The molecule has 2 saturated heterocycles. The van der Waals surface area contributed by atoms with Gasteiger partial charge in [0, 0.05) is 44.6 Å². The van der Waals surface area contributed by atoms with Crippen molar-refractivity contribution >= 4 is 18.1 Å². The molecular formula is C20H30N6O3. The van der Waals surface area contributed by atoms with E-state index in [1.807, 2.05) is 0 Å². The van der Waals surface area contributed by atoms with Gasteiger partial charge in [0.15, 0.2) is 0 Å². The number of likely N-dealkylation sites (tertiary alicyclic amines) is 1. The normalized spacial score (nSPS) is 21.4. The standard InChI is InChI=1S/C20H30N6O3/c21-10-16-18(22-14-4-2-1-3-5-14)24-17(25-19(16)27)13-11-26(12-13)20(28)23-15-6-8-29-9-7-15/h10,13-15,21H,1-9,11-12H2,(H,23,28)(H2,22,24,25,27). The number of nitrogens with zero attached hydrogens (tertiary/aromatic N) is 2. The molecule has 2 amide bonds. The summed E-state index contributed by atoms with van der Waals surface area (Å²) < 4.78 is 5.32. The number of nitrogens with one attached hydrogen (secondary N) is 4. The molecule has 29 heavy (non-hydrogen) atoms. The molecule has 1 aromatic rings. The summed E-state index contributed by atoms with van der Waals surface area (Å²) in [5.74, 6) is 1.10. The third kappa shape index (κ3) is 4.60. The fourth-order valence-electron chi connectivity index (χ4n) is 4.30. The Bertz CT molecular complexity index is 792. The maximum Gasteiger partial charge on any atom is 0.317 e. The largest absolute Gasteiger partial charge is 0.381 e. The first-order chi connectivity index (χ1) is 14.1. The highest BCUT2D eigenvalue weighted by Gasteiger charge is 2.35. The van der Waals surface area contributed by atoms with E-state index < -0.39 is 0 Å². The molecule has 0 bridgehead atoms. The lowest BCUT2D eigenvalue weighted by Gasteiger charge is -2.39. The van der Waals surface area contributed by atoms with Crippen molar-refractivity contribution in [3.63, 3.8) is 0 Å². The van der Waals surface area contributed by atoms with E-state index in [-0.39, 0.29) is 29.1 Å². The lowest BCUT2D eigenvalue weighted by Crippen LogP contribution is -2.55. The van der Waals surface area contributed by atoms with Crippen molar-refractivity contribution in [2.45, 2.75) is 62.9 Å². The second-order valence-electron chi connectivity index (χ2n) is 8.28. The third-order valence-corrected chi connectivity index (χ3v) is 6.17. The third-order valence-electron chi connectivity index (χ3n) is 6.17. The van der Waals surface area contributed by atoms with Crippen LogP contribution in [0.15, 0.2) is 4.79 Å². The molecule has 0 spiro atoms. The molecule has 1 saturated carbocycles. The SMILES string of the molecule is N=Cc1c(NC2CCCCC2)nc(C2CN(C(=O)NC3CCOCC3)C2)[nH]c1=O. The van der Waals surface area contributed by atoms with Gasteiger partial charge < -0.3 is 30.7 Å². The molecule has 1 aliphatic carbocycles. The lowest BCUT2D eigenvalue weighted by molar-refractivity contribution is 0.0753. The Kier molecular flexibility index (Phi) is 6.13. The first-order valence-corrected chi connectivity index (χ1v) is 10.7. The van der Waals surface area contributed by atoms with Crippen LogP contribution in [0.5, 0.6) is 0 Å². The molecule has 0 unspecified atom stereocenters. The summed E-state index contributed by atoms with van der Waals surface area (Å²) in [7, 11) is 0. The summed E-state index contributed by atoms with van der Waals surface area (Å²) in [6, 6.07) is 0.409. The Labute approximate surface area is 170 Å². The smallest absolute Gasteiger partial charge is 0.317 e. The molecule has 4 N–H and O–H groups in total. The van der Waals surface area contributed by atoms with Gasteiger partial charge in [0.1, 0.15) is 11.6 Å². The Hall–Kier alpha value is -2.42. The van der Waals surface area contributed by atoms with Crippen LogP contribution in [-0.4, -0.2) is 65.5 Å². The van der Waals surface area contributed by atoms with Crippen molar-refractivity contribution in [2.24, 2.45) is 0 Å². The minimum absolute atomic E-state index is 0.00910. The first kappa shape index (κ1) is 19.9. The van der Waals surface area contributed by atoms with E-state index in [1.165, 1.54) is 19.3 Å². The van der Waals surface area contributed by atoms with E-state index in [0.29, 0.717) is 44.0 Å². The van der Waals surface area contributed by atoms with E-state index >= 15 is 0 Å². The number of aromatic nitrogens is 2.